The Kier molecular flexibility index (Phi) is 5.19. The molecule has 7 rings (SSSR count). The number of fused-ring (bicyclic) bond motifs is 10. The van der Waals surface area contributed by atoms with Gasteiger partial charge < -0.3 is 5.32 Å². The van der Waals surface area contributed by atoms with E-state index in [1.165, 1.54) is 55.6 Å². The maximum Gasteiger partial charge on any atom is 0.0726 e. The smallest absolute Gasteiger partial charge is 0.0726 e. The van der Waals surface area contributed by atoms with Gasteiger partial charge in [-0.1, -0.05) is 109 Å². The van der Waals surface area contributed by atoms with Gasteiger partial charge in [0.1, 0.15) is 0 Å². The van der Waals surface area contributed by atoms with E-state index in [0.29, 0.717) is 0 Å². The molecule has 1 heteroatoms. The quantitative estimate of drug-likeness (QED) is 0.244. The average Bonchev–Trinajstić information content (AvgIpc) is 3.43. The molecule has 5 aromatic rings. The number of rotatable bonds is 4. The second-order valence-corrected chi connectivity index (χ2v) is 10.2. The zero-order valence-electron chi connectivity index (χ0n) is 21.7. The minimum atomic E-state index is -0.310. The highest BCUT2D eigenvalue weighted by molar-refractivity contribution is 5.95. The Bertz CT molecular complexity index is 1690. The van der Waals surface area contributed by atoms with Crippen LogP contribution < -0.4 is 5.32 Å². The highest BCUT2D eigenvalue weighted by atomic mass is 14.9. The van der Waals surface area contributed by atoms with Gasteiger partial charge in [-0.3, -0.25) is 0 Å². The van der Waals surface area contributed by atoms with Crippen molar-refractivity contribution in [3.63, 3.8) is 0 Å². The molecule has 0 unspecified atom stereocenters. The first-order valence-corrected chi connectivity index (χ1v) is 13.3. The maximum absolute atomic E-state index is 3.69. The van der Waals surface area contributed by atoms with Crippen LogP contribution in [-0.4, -0.2) is 0 Å². The van der Waals surface area contributed by atoms with Gasteiger partial charge in [-0.15, -0.1) is 0 Å². The van der Waals surface area contributed by atoms with Gasteiger partial charge in [0.15, 0.2) is 0 Å². The van der Waals surface area contributed by atoms with E-state index < -0.39 is 0 Å². The van der Waals surface area contributed by atoms with Gasteiger partial charge in [-0.25, -0.2) is 0 Å². The van der Waals surface area contributed by atoms with Gasteiger partial charge in [-0.05, 0) is 93.8 Å². The van der Waals surface area contributed by atoms with Crippen molar-refractivity contribution < 1.29 is 0 Å². The molecule has 2 aliphatic rings. The number of hydrogen-bond acceptors (Lipinski definition) is 1. The fourth-order valence-electron chi connectivity index (χ4n) is 6.49. The molecule has 0 saturated carbocycles. The molecule has 0 fully saturated rings. The fourth-order valence-corrected chi connectivity index (χ4v) is 6.49. The molecule has 0 bridgehead atoms. The van der Waals surface area contributed by atoms with Crippen LogP contribution in [0.15, 0.2) is 133 Å². The van der Waals surface area contributed by atoms with Crippen molar-refractivity contribution in [1.82, 2.24) is 0 Å². The highest BCUT2D eigenvalue weighted by Gasteiger charge is 2.51. The average molecular weight is 488 g/mol. The van der Waals surface area contributed by atoms with Crippen LogP contribution in [0, 0.1) is 0 Å². The number of anilines is 2. The molecule has 0 aromatic heterocycles. The summed E-state index contributed by atoms with van der Waals surface area (Å²) in [6.45, 7) is 4.19. The summed E-state index contributed by atoms with van der Waals surface area (Å²) in [5.41, 5.74) is 15.1. The Balaban J connectivity index is 1.37. The fraction of sp³-hybridized carbons (Fsp3) is 0.0811. The molecule has 0 heterocycles. The minimum absolute atomic E-state index is 0.310. The van der Waals surface area contributed by atoms with E-state index >= 15 is 0 Å². The summed E-state index contributed by atoms with van der Waals surface area (Å²) in [6, 6.07) is 42.4. The summed E-state index contributed by atoms with van der Waals surface area (Å²) in [5.74, 6) is 0. The highest BCUT2D eigenvalue weighted by Crippen LogP contribution is 2.62. The van der Waals surface area contributed by atoms with Gasteiger partial charge in [0.05, 0.1) is 5.41 Å². The van der Waals surface area contributed by atoms with Crippen molar-refractivity contribution >= 4 is 16.9 Å². The first-order chi connectivity index (χ1) is 18.7. The Labute approximate surface area is 224 Å². The van der Waals surface area contributed by atoms with Crippen LogP contribution >= 0.6 is 0 Å². The Hall–Kier alpha value is -4.62. The monoisotopic (exact) mass is 487 g/mol. The van der Waals surface area contributed by atoms with E-state index in [2.05, 4.69) is 146 Å². The van der Waals surface area contributed by atoms with E-state index in [9.17, 15) is 0 Å². The lowest BCUT2D eigenvalue weighted by Crippen LogP contribution is -2.25. The first-order valence-electron chi connectivity index (χ1n) is 13.3. The second-order valence-electron chi connectivity index (χ2n) is 10.2. The zero-order valence-corrected chi connectivity index (χ0v) is 21.7. The Morgan fingerprint density at radius 2 is 1.08 bits per heavy atom. The molecule has 38 heavy (non-hydrogen) atoms. The van der Waals surface area contributed by atoms with Crippen molar-refractivity contribution in [3.8, 4) is 22.3 Å². The number of nitrogens with one attached hydrogen (secondary N) is 1. The summed E-state index contributed by atoms with van der Waals surface area (Å²) in [5, 5.41) is 3.69. The minimum Gasteiger partial charge on any atom is -0.356 e. The lowest BCUT2D eigenvalue weighted by Gasteiger charge is -2.30. The van der Waals surface area contributed by atoms with Crippen LogP contribution in [0.5, 0.6) is 0 Å². The molecule has 1 N–H and O–H groups in total. The summed E-state index contributed by atoms with van der Waals surface area (Å²) in [4.78, 5) is 0. The van der Waals surface area contributed by atoms with Crippen molar-refractivity contribution in [1.29, 1.82) is 0 Å². The van der Waals surface area contributed by atoms with E-state index in [1.54, 1.807) is 0 Å². The van der Waals surface area contributed by atoms with Gasteiger partial charge in [0.25, 0.3) is 0 Å². The molecule has 0 radical (unpaired) electrons. The van der Waals surface area contributed by atoms with E-state index in [1.807, 2.05) is 6.92 Å². The standard InChI is InChI=1S/C37H29N/c1-3-4-11-25(2)26-18-20-27(21-19-26)38-28-22-23-32-31-14-7-10-17-35(31)37(36(32)24-28)33-15-8-5-12-29(33)30-13-6-9-16-34(30)37/h3-24,38H,1-2H3/b4-3-,25-11+. The molecule has 0 amide bonds. The van der Waals surface area contributed by atoms with Gasteiger partial charge >= 0.3 is 0 Å². The molecule has 2 aliphatic carbocycles. The van der Waals surface area contributed by atoms with Crippen LogP contribution in [0.3, 0.4) is 0 Å². The summed E-state index contributed by atoms with van der Waals surface area (Å²) >= 11 is 0. The van der Waals surface area contributed by atoms with Crippen molar-refractivity contribution in [2.75, 3.05) is 5.32 Å². The lowest BCUT2D eigenvalue weighted by molar-refractivity contribution is 0.794. The number of allylic oxidation sites excluding steroid dienone is 4. The molecule has 0 aliphatic heterocycles. The van der Waals surface area contributed by atoms with Crippen molar-refractivity contribution in [3.05, 3.63) is 161 Å². The van der Waals surface area contributed by atoms with E-state index in [0.717, 1.165) is 11.4 Å². The van der Waals surface area contributed by atoms with E-state index in [-0.39, 0.29) is 5.41 Å². The third-order valence-corrected chi connectivity index (χ3v) is 8.16. The molecule has 0 saturated heterocycles. The maximum atomic E-state index is 3.69. The predicted octanol–water partition coefficient (Wildman–Crippen LogP) is 9.75. The van der Waals surface area contributed by atoms with Crippen molar-refractivity contribution in [2.24, 2.45) is 0 Å². The van der Waals surface area contributed by atoms with Gasteiger partial charge in [0.2, 0.25) is 0 Å². The van der Waals surface area contributed by atoms with Crippen LogP contribution in [0.25, 0.3) is 27.8 Å². The van der Waals surface area contributed by atoms with Gasteiger partial charge in [0, 0.05) is 11.4 Å². The summed E-state index contributed by atoms with van der Waals surface area (Å²) in [6.07, 6.45) is 6.29. The van der Waals surface area contributed by atoms with Crippen molar-refractivity contribution in [2.45, 2.75) is 19.3 Å². The van der Waals surface area contributed by atoms with E-state index in [4.69, 9.17) is 0 Å². The van der Waals surface area contributed by atoms with Crippen LogP contribution in [0.1, 0.15) is 41.7 Å². The van der Waals surface area contributed by atoms with Gasteiger partial charge in [-0.2, -0.15) is 0 Å². The third-order valence-electron chi connectivity index (χ3n) is 8.16. The Morgan fingerprint density at radius 3 is 1.63 bits per heavy atom. The SMILES string of the molecule is C/C=C\C=C(/C)c1ccc(Nc2ccc3c(c2)C2(c4ccccc4-c4ccccc42)c2ccccc2-3)cc1. The topological polar surface area (TPSA) is 12.0 Å². The second kappa shape index (κ2) is 8.75. The summed E-state index contributed by atoms with van der Waals surface area (Å²) in [7, 11) is 0. The number of benzene rings is 5. The molecule has 1 spiro atoms. The molecular formula is C37H29N. The zero-order chi connectivity index (χ0) is 25.7. The van der Waals surface area contributed by atoms with Crippen LogP contribution in [-0.2, 0) is 5.41 Å². The molecule has 0 atom stereocenters. The van der Waals surface area contributed by atoms with Crippen LogP contribution in [0.4, 0.5) is 11.4 Å². The summed E-state index contributed by atoms with van der Waals surface area (Å²) < 4.78 is 0. The molecular weight excluding hydrogens is 458 g/mol. The van der Waals surface area contributed by atoms with Crippen LogP contribution in [0.2, 0.25) is 0 Å². The number of hydrogen-bond donors (Lipinski definition) is 1. The predicted molar refractivity (Wildman–Crippen MR) is 161 cm³/mol. The largest absolute Gasteiger partial charge is 0.356 e. The third kappa shape index (κ3) is 3.18. The molecule has 5 aromatic carbocycles. The first kappa shape index (κ1) is 22.6. The molecule has 1 nitrogen and oxygen atoms in total. The Morgan fingerprint density at radius 1 is 0.579 bits per heavy atom. The lowest BCUT2D eigenvalue weighted by atomic mass is 9.70. The normalized spacial score (nSPS) is 14.3. The molecule has 182 valence electrons.